The minimum atomic E-state index is -4.33. The van der Waals surface area contributed by atoms with Gasteiger partial charge in [0, 0.05) is 12.5 Å². The second kappa shape index (κ2) is 6.09. The highest BCUT2D eigenvalue weighted by Crippen LogP contribution is 2.30. The van der Waals surface area contributed by atoms with Crippen LogP contribution in [0.3, 0.4) is 0 Å². The quantitative estimate of drug-likeness (QED) is 0.881. The maximum Gasteiger partial charge on any atom is 0.416 e. The number of halogens is 3. The summed E-state index contributed by atoms with van der Waals surface area (Å²) in [4.78, 5) is 0. The van der Waals surface area contributed by atoms with Crippen LogP contribution in [0.15, 0.2) is 24.3 Å². The molecule has 0 heterocycles. The summed E-state index contributed by atoms with van der Waals surface area (Å²) >= 11 is 0. The monoisotopic (exact) mass is 262 g/mol. The van der Waals surface area contributed by atoms with Crippen LogP contribution >= 0.6 is 0 Å². The van der Waals surface area contributed by atoms with Crippen LogP contribution in [0.2, 0.25) is 0 Å². The van der Waals surface area contributed by atoms with E-state index in [1.165, 1.54) is 12.1 Å². The molecule has 0 aliphatic rings. The average Bonchev–Trinajstić information content (AvgIpc) is 2.29. The number of ether oxygens (including phenoxy) is 1. The first-order chi connectivity index (χ1) is 8.34. The molecule has 2 nitrogen and oxygen atoms in total. The SMILES string of the molecule is CC(C)C(CO)COc1ccc(C(F)(F)F)cc1. The summed E-state index contributed by atoms with van der Waals surface area (Å²) in [5.74, 6) is 0.610. The Labute approximate surface area is 104 Å². The van der Waals surface area contributed by atoms with Gasteiger partial charge in [-0.1, -0.05) is 13.8 Å². The molecule has 0 aliphatic carbocycles. The fraction of sp³-hybridized carbons (Fsp3) is 0.538. The van der Waals surface area contributed by atoms with Gasteiger partial charge in [-0.3, -0.25) is 0 Å². The first kappa shape index (κ1) is 14.8. The molecule has 1 aromatic carbocycles. The molecule has 0 aromatic heterocycles. The summed E-state index contributed by atoms with van der Waals surface area (Å²) < 4.78 is 42.3. The summed E-state index contributed by atoms with van der Waals surface area (Å²) in [5.41, 5.74) is -0.697. The summed E-state index contributed by atoms with van der Waals surface area (Å²) in [6, 6.07) is 4.55. The standard InChI is InChI=1S/C13H17F3O2/c1-9(2)10(7-17)8-18-12-5-3-11(4-6-12)13(14,15)16/h3-6,9-10,17H,7-8H2,1-2H3. The minimum Gasteiger partial charge on any atom is -0.493 e. The van der Waals surface area contributed by atoms with Crippen LogP contribution in [0.4, 0.5) is 13.2 Å². The molecule has 0 aliphatic heterocycles. The van der Waals surface area contributed by atoms with Crippen molar-refractivity contribution in [2.24, 2.45) is 11.8 Å². The van der Waals surface area contributed by atoms with E-state index in [4.69, 9.17) is 9.84 Å². The lowest BCUT2D eigenvalue weighted by molar-refractivity contribution is -0.137. The third-order valence-corrected chi connectivity index (χ3v) is 2.82. The van der Waals surface area contributed by atoms with Crippen molar-refractivity contribution in [1.29, 1.82) is 0 Å². The van der Waals surface area contributed by atoms with Gasteiger partial charge in [0.25, 0.3) is 0 Å². The van der Waals surface area contributed by atoms with Crippen LogP contribution in [0.1, 0.15) is 19.4 Å². The van der Waals surface area contributed by atoms with E-state index in [9.17, 15) is 13.2 Å². The summed E-state index contributed by atoms with van der Waals surface area (Å²) in [6.07, 6.45) is -4.33. The van der Waals surface area contributed by atoms with Crippen molar-refractivity contribution in [3.63, 3.8) is 0 Å². The van der Waals surface area contributed by atoms with Crippen LogP contribution in [-0.4, -0.2) is 18.3 Å². The van der Waals surface area contributed by atoms with Crippen molar-refractivity contribution in [2.75, 3.05) is 13.2 Å². The Morgan fingerprint density at radius 3 is 2.11 bits per heavy atom. The van der Waals surface area contributed by atoms with E-state index < -0.39 is 11.7 Å². The molecule has 1 aromatic rings. The van der Waals surface area contributed by atoms with E-state index in [1.807, 2.05) is 13.8 Å². The smallest absolute Gasteiger partial charge is 0.416 e. The van der Waals surface area contributed by atoms with Gasteiger partial charge in [0.05, 0.1) is 12.2 Å². The van der Waals surface area contributed by atoms with E-state index in [-0.39, 0.29) is 18.4 Å². The predicted octanol–water partition coefficient (Wildman–Crippen LogP) is 3.35. The van der Waals surface area contributed by atoms with Gasteiger partial charge in [-0.05, 0) is 30.2 Å². The van der Waals surface area contributed by atoms with Gasteiger partial charge in [-0.25, -0.2) is 0 Å². The van der Waals surface area contributed by atoms with Gasteiger partial charge in [0.1, 0.15) is 5.75 Å². The molecule has 1 N–H and O–H groups in total. The molecule has 18 heavy (non-hydrogen) atoms. The first-order valence-electron chi connectivity index (χ1n) is 5.75. The molecule has 5 heteroatoms. The topological polar surface area (TPSA) is 29.5 Å². The zero-order valence-corrected chi connectivity index (χ0v) is 10.4. The second-order valence-corrected chi connectivity index (χ2v) is 4.52. The van der Waals surface area contributed by atoms with Crippen LogP contribution in [0, 0.1) is 11.8 Å². The van der Waals surface area contributed by atoms with Crippen molar-refractivity contribution in [1.82, 2.24) is 0 Å². The number of benzene rings is 1. The number of hydrogen-bond donors (Lipinski definition) is 1. The number of hydrogen-bond acceptors (Lipinski definition) is 2. The molecule has 1 rings (SSSR count). The number of rotatable bonds is 5. The molecule has 0 fully saturated rings. The van der Waals surface area contributed by atoms with Gasteiger partial charge >= 0.3 is 6.18 Å². The Balaban J connectivity index is 2.59. The van der Waals surface area contributed by atoms with Crippen molar-refractivity contribution in [3.8, 4) is 5.75 Å². The van der Waals surface area contributed by atoms with Crippen molar-refractivity contribution in [3.05, 3.63) is 29.8 Å². The van der Waals surface area contributed by atoms with Crippen molar-refractivity contribution in [2.45, 2.75) is 20.0 Å². The largest absolute Gasteiger partial charge is 0.493 e. The average molecular weight is 262 g/mol. The molecule has 102 valence electrons. The zero-order chi connectivity index (χ0) is 13.8. The van der Waals surface area contributed by atoms with Gasteiger partial charge in [-0.2, -0.15) is 13.2 Å². The number of alkyl halides is 3. The van der Waals surface area contributed by atoms with E-state index in [2.05, 4.69) is 0 Å². The maximum absolute atomic E-state index is 12.3. The van der Waals surface area contributed by atoms with E-state index in [0.717, 1.165) is 12.1 Å². The highest BCUT2D eigenvalue weighted by molar-refractivity contribution is 5.28. The van der Waals surface area contributed by atoms with Gasteiger partial charge in [0.2, 0.25) is 0 Å². The molecular formula is C13H17F3O2. The normalized spacial score (nSPS) is 13.7. The zero-order valence-electron chi connectivity index (χ0n) is 10.4. The predicted molar refractivity (Wildman–Crippen MR) is 62.4 cm³/mol. The molecule has 0 radical (unpaired) electrons. The lowest BCUT2D eigenvalue weighted by Crippen LogP contribution is -2.21. The highest BCUT2D eigenvalue weighted by atomic mass is 19.4. The lowest BCUT2D eigenvalue weighted by Gasteiger charge is -2.18. The molecular weight excluding hydrogens is 245 g/mol. The molecule has 1 atom stereocenters. The Hall–Kier alpha value is -1.23. The Morgan fingerprint density at radius 2 is 1.72 bits per heavy atom. The Morgan fingerprint density at radius 1 is 1.17 bits per heavy atom. The molecule has 0 saturated heterocycles. The molecule has 0 amide bonds. The number of aliphatic hydroxyl groups excluding tert-OH is 1. The first-order valence-corrected chi connectivity index (χ1v) is 5.75. The van der Waals surface area contributed by atoms with Crippen molar-refractivity contribution < 1.29 is 23.0 Å². The van der Waals surface area contributed by atoms with Gasteiger partial charge in [0.15, 0.2) is 0 Å². The second-order valence-electron chi connectivity index (χ2n) is 4.52. The summed E-state index contributed by atoms with van der Waals surface area (Å²) in [6.45, 7) is 4.20. The molecule has 0 bridgehead atoms. The Bertz CT molecular complexity index is 357. The minimum absolute atomic E-state index is 0.00169. The van der Waals surface area contributed by atoms with Crippen LogP contribution < -0.4 is 4.74 Å². The van der Waals surface area contributed by atoms with Gasteiger partial charge in [-0.15, -0.1) is 0 Å². The molecule has 0 saturated carbocycles. The van der Waals surface area contributed by atoms with Gasteiger partial charge < -0.3 is 9.84 Å². The molecule has 0 spiro atoms. The maximum atomic E-state index is 12.3. The van der Waals surface area contributed by atoms with Crippen LogP contribution in [0.25, 0.3) is 0 Å². The van der Waals surface area contributed by atoms with Crippen molar-refractivity contribution >= 4 is 0 Å². The van der Waals surface area contributed by atoms with Crippen LogP contribution in [0.5, 0.6) is 5.75 Å². The third kappa shape index (κ3) is 4.22. The fourth-order valence-electron chi connectivity index (χ4n) is 1.40. The van der Waals surface area contributed by atoms with E-state index in [1.54, 1.807) is 0 Å². The summed E-state index contributed by atoms with van der Waals surface area (Å²) in [7, 11) is 0. The fourth-order valence-corrected chi connectivity index (χ4v) is 1.40. The lowest BCUT2D eigenvalue weighted by atomic mass is 9.98. The summed E-state index contributed by atoms with van der Waals surface area (Å²) in [5, 5.41) is 9.10. The van der Waals surface area contributed by atoms with E-state index >= 15 is 0 Å². The Kier molecular flexibility index (Phi) is 5.02. The molecule has 1 unspecified atom stereocenters. The third-order valence-electron chi connectivity index (χ3n) is 2.82. The number of aliphatic hydroxyl groups is 1. The van der Waals surface area contributed by atoms with E-state index in [0.29, 0.717) is 12.4 Å². The van der Waals surface area contributed by atoms with Crippen LogP contribution in [-0.2, 0) is 6.18 Å². The highest BCUT2D eigenvalue weighted by Gasteiger charge is 2.30.